The monoisotopic (exact) mass is 820 g/mol. The number of nitrogens with one attached hydrogen (secondary N) is 2. The molecule has 2 N–H and O–H groups in total. The van der Waals surface area contributed by atoms with Crippen LogP contribution >= 0.6 is 11.6 Å². The minimum atomic E-state index is -0.997. The second kappa shape index (κ2) is 15.6. The quantitative estimate of drug-likeness (QED) is 0.233. The van der Waals surface area contributed by atoms with Gasteiger partial charge in [0.15, 0.2) is 0 Å². The number of anilines is 1. The van der Waals surface area contributed by atoms with Crippen molar-refractivity contribution in [3.8, 4) is 17.6 Å². The van der Waals surface area contributed by atoms with E-state index in [1.54, 1.807) is 36.4 Å². The fourth-order valence-electron chi connectivity index (χ4n) is 9.97. The molecular formula is C45H49ClN6O7. The fraction of sp³-hybridized carbons (Fsp3) is 0.467. The van der Waals surface area contributed by atoms with Crippen LogP contribution in [0, 0.1) is 28.1 Å². The SMILES string of the molecule is CC1(C)C(NC(=O)c2ccc(N3CCC(CCN4CC(Oc5ccc6c(c5)C(=O)N(C5CCC(=O)NC5=O)C6=O)C4)CC3)cc2)C(C)(C)C1Oc1ccc(C#N)c(Cl)c1. The van der Waals surface area contributed by atoms with Gasteiger partial charge >= 0.3 is 0 Å². The van der Waals surface area contributed by atoms with Gasteiger partial charge in [-0.1, -0.05) is 39.3 Å². The Balaban J connectivity index is 0.756. The Bertz CT molecular complexity index is 2220. The lowest BCUT2D eigenvalue weighted by Gasteiger charge is -2.63. The van der Waals surface area contributed by atoms with Gasteiger partial charge in [0.05, 0.1) is 21.7 Å². The normalized spacial score (nSPS) is 24.1. The van der Waals surface area contributed by atoms with E-state index in [9.17, 15) is 29.2 Å². The van der Waals surface area contributed by atoms with Crippen LogP contribution in [0.25, 0.3) is 0 Å². The Labute approximate surface area is 348 Å². The number of piperidine rings is 2. The molecule has 0 aromatic heterocycles. The van der Waals surface area contributed by atoms with Crippen molar-refractivity contribution in [3.05, 3.63) is 87.9 Å². The smallest absolute Gasteiger partial charge is 0.262 e. The lowest BCUT2D eigenvalue weighted by atomic mass is 9.49. The highest BCUT2D eigenvalue weighted by atomic mass is 35.5. The number of nitrogens with zero attached hydrogens (tertiary/aromatic N) is 4. The minimum absolute atomic E-state index is 0.0174. The molecule has 3 aromatic carbocycles. The van der Waals surface area contributed by atoms with Crippen LogP contribution in [-0.4, -0.2) is 96.4 Å². The van der Waals surface area contributed by atoms with E-state index >= 15 is 0 Å². The van der Waals surface area contributed by atoms with E-state index in [0.29, 0.717) is 33.6 Å². The topological polar surface area (TPSA) is 161 Å². The van der Waals surface area contributed by atoms with E-state index in [1.807, 2.05) is 24.3 Å². The van der Waals surface area contributed by atoms with Gasteiger partial charge in [0, 0.05) is 66.8 Å². The first-order valence-corrected chi connectivity index (χ1v) is 20.8. The first kappa shape index (κ1) is 40.3. The van der Waals surface area contributed by atoms with Crippen LogP contribution in [0.3, 0.4) is 0 Å². The molecule has 1 unspecified atom stereocenters. The molecule has 5 amide bonds. The number of amides is 5. The van der Waals surface area contributed by atoms with Crippen molar-refractivity contribution in [3.63, 3.8) is 0 Å². The zero-order valence-electron chi connectivity index (χ0n) is 33.8. The van der Waals surface area contributed by atoms with Gasteiger partial charge in [-0.2, -0.15) is 5.26 Å². The standard InChI is InChI=1S/C45H49ClN6O7/c1-44(2)42(45(3,4)43(44)59-31-10-7-28(23-47)35(46)22-31)49-38(54)27-5-8-29(9-6-27)51-19-16-26(17-20-51)15-18-50-24-32(25-50)58-30-11-12-33-34(21-30)41(57)52(40(33)56)36-13-14-37(53)48-39(36)55/h5-12,21-22,26,32,36,42-43H,13-20,24-25H2,1-4H3,(H,49,54)(H,48,53,55). The van der Waals surface area contributed by atoms with Crippen LogP contribution in [0.15, 0.2) is 60.7 Å². The van der Waals surface area contributed by atoms with Crippen LogP contribution in [0.5, 0.6) is 11.5 Å². The average Bonchev–Trinajstić information content (AvgIpc) is 3.44. The summed E-state index contributed by atoms with van der Waals surface area (Å²) in [4.78, 5) is 69.3. The Morgan fingerprint density at radius 2 is 1.54 bits per heavy atom. The number of rotatable bonds is 11. The van der Waals surface area contributed by atoms with Gasteiger partial charge in [0.25, 0.3) is 17.7 Å². The lowest BCUT2D eigenvalue weighted by Crippen LogP contribution is -2.74. The molecule has 4 fully saturated rings. The van der Waals surface area contributed by atoms with E-state index in [-0.39, 0.29) is 59.0 Å². The molecule has 0 radical (unpaired) electrons. The summed E-state index contributed by atoms with van der Waals surface area (Å²) < 4.78 is 12.5. The third-order valence-electron chi connectivity index (χ3n) is 13.0. The number of halogens is 1. The van der Waals surface area contributed by atoms with Gasteiger partial charge in [-0.3, -0.25) is 39.1 Å². The Kier molecular flexibility index (Phi) is 10.7. The van der Waals surface area contributed by atoms with Crippen LogP contribution in [0.4, 0.5) is 5.69 Å². The van der Waals surface area contributed by atoms with Crippen LogP contribution in [-0.2, 0) is 9.59 Å². The molecule has 0 bridgehead atoms. The maximum absolute atomic E-state index is 13.5. The average molecular weight is 821 g/mol. The van der Waals surface area contributed by atoms with E-state index in [2.05, 4.69) is 54.2 Å². The Hall–Kier alpha value is -5.45. The maximum Gasteiger partial charge on any atom is 0.262 e. The molecule has 1 aliphatic carbocycles. The minimum Gasteiger partial charge on any atom is -0.489 e. The molecule has 3 saturated heterocycles. The van der Waals surface area contributed by atoms with Crippen molar-refractivity contribution in [1.29, 1.82) is 5.26 Å². The lowest BCUT2D eigenvalue weighted by molar-refractivity contribution is -0.164. The predicted molar refractivity (Wildman–Crippen MR) is 219 cm³/mol. The molecule has 308 valence electrons. The predicted octanol–water partition coefficient (Wildman–Crippen LogP) is 5.59. The molecule has 59 heavy (non-hydrogen) atoms. The number of hydrogen-bond donors (Lipinski definition) is 2. The van der Waals surface area contributed by atoms with E-state index in [1.165, 1.54) is 0 Å². The molecule has 0 spiro atoms. The van der Waals surface area contributed by atoms with Crippen molar-refractivity contribution in [2.24, 2.45) is 16.7 Å². The van der Waals surface area contributed by atoms with Gasteiger partial charge in [-0.05, 0) is 92.7 Å². The molecule has 1 saturated carbocycles. The molecule has 14 heteroatoms. The summed E-state index contributed by atoms with van der Waals surface area (Å²) in [5.74, 6) is -0.486. The Morgan fingerprint density at radius 3 is 2.20 bits per heavy atom. The summed E-state index contributed by atoms with van der Waals surface area (Å²) in [6, 6.07) is 18.8. The van der Waals surface area contributed by atoms with Gasteiger partial charge in [-0.15, -0.1) is 0 Å². The number of ether oxygens (including phenoxy) is 2. The van der Waals surface area contributed by atoms with Crippen LogP contribution in [0.2, 0.25) is 5.02 Å². The van der Waals surface area contributed by atoms with Gasteiger partial charge in [-0.25, -0.2) is 0 Å². The third kappa shape index (κ3) is 7.64. The number of likely N-dealkylation sites (tertiary alicyclic amines) is 1. The highest BCUT2D eigenvalue weighted by molar-refractivity contribution is 6.31. The summed E-state index contributed by atoms with van der Waals surface area (Å²) in [6.07, 6.45) is 3.29. The Morgan fingerprint density at radius 1 is 0.881 bits per heavy atom. The van der Waals surface area contributed by atoms with Crippen molar-refractivity contribution in [1.82, 2.24) is 20.4 Å². The number of imide groups is 2. The van der Waals surface area contributed by atoms with Crippen molar-refractivity contribution >= 4 is 46.8 Å². The highest BCUT2D eigenvalue weighted by Crippen LogP contribution is 2.55. The second-order valence-electron chi connectivity index (χ2n) is 17.7. The molecule has 8 rings (SSSR count). The number of carbonyl (C=O) groups is 5. The zero-order chi connectivity index (χ0) is 41.8. The summed E-state index contributed by atoms with van der Waals surface area (Å²) in [6.45, 7) is 12.8. The number of fused-ring (bicyclic) bond motifs is 1. The van der Waals surface area contributed by atoms with Crippen LogP contribution in [0.1, 0.15) is 96.4 Å². The van der Waals surface area contributed by atoms with Gasteiger partial charge in [0.2, 0.25) is 11.8 Å². The second-order valence-corrected chi connectivity index (χ2v) is 18.1. The fourth-order valence-corrected chi connectivity index (χ4v) is 10.2. The van der Waals surface area contributed by atoms with Gasteiger partial charge in [0.1, 0.15) is 35.8 Å². The number of benzene rings is 3. The van der Waals surface area contributed by atoms with Crippen LogP contribution < -0.4 is 25.0 Å². The van der Waals surface area contributed by atoms with E-state index < -0.39 is 29.7 Å². The van der Waals surface area contributed by atoms with E-state index in [4.69, 9.17) is 21.1 Å². The summed E-state index contributed by atoms with van der Waals surface area (Å²) in [5, 5.41) is 15.1. The molecule has 5 aliphatic rings. The number of nitriles is 1. The molecule has 13 nitrogen and oxygen atoms in total. The van der Waals surface area contributed by atoms with Crippen molar-refractivity contribution < 1.29 is 33.4 Å². The maximum atomic E-state index is 13.5. The molecule has 3 aromatic rings. The molecule has 4 aliphatic heterocycles. The summed E-state index contributed by atoms with van der Waals surface area (Å²) in [5.41, 5.74) is 1.88. The third-order valence-corrected chi connectivity index (χ3v) is 13.3. The van der Waals surface area contributed by atoms with Crippen molar-refractivity contribution in [2.45, 2.75) is 84.1 Å². The first-order chi connectivity index (χ1) is 28.1. The largest absolute Gasteiger partial charge is 0.489 e. The first-order valence-electron chi connectivity index (χ1n) is 20.4. The molecule has 4 heterocycles. The summed E-state index contributed by atoms with van der Waals surface area (Å²) >= 11 is 6.25. The highest BCUT2D eigenvalue weighted by Gasteiger charge is 2.64. The number of hydrogen-bond acceptors (Lipinski definition) is 10. The van der Waals surface area contributed by atoms with Gasteiger partial charge < -0.3 is 19.7 Å². The molecular weight excluding hydrogens is 772 g/mol. The van der Waals surface area contributed by atoms with E-state index in [0.717, 1.165) is 62.6 Å². The number of carbonyl (C=O) groups excluding carboxylic acids is 5. The zero-order valence-corrected chi connectivity index (χ0v) is 34.5. The molecule has 1 atom stereocenters. The summed E-state index contributed by atoms with van der Waals surface area (Å²) in [7, 11) is 0. The van der Waals surface area contributed by atoms with Crippen molar-refractivity contribution in [2.75, 3.05) is 37.6 Å².